The van der Waals surface area contributed by atoms with Crippen LogP contribution in [0.1, 0.15) is 115 Å². The van der Waals surface area contributed by atoms with E-state index in [1.165, 1.54) is 38.5 Å². The molecule has 0 aliphatic carbocycles. The quantitative estimate of drug-likeness (QED) is 0.0971. The van der Waals surface area contributed by atoms with E-state index < -0.39 is 30.3 Å². The molecule has 2 N–H and O–H groups in total. The average Bonchev–Trinajstić information content (AvgIpc) is 3.05. The molecule has 0 aromatic heterocycles. The molecule has 2 aromatic rings. The molecule has 3 rings (SSSR count). The van der Waals surface area contributed by atoms with Crippen LogP contribution in [0, 0.1) is 0 Å². The van der Waals surface area contributed by atoms with Gasteiger partial charge in [0.1, 0.15) is 0 Å². The highest BCUT2D eigenvalue weighted by Gasteiger charge is 2.44. The van der Waals surface area contributed by atoms with Crippen LogP contribution in [0.25, 0.3) is 0 Å². The Balaban J connectivity index is 1.59. The topological polar surface area (TPSA) is 103 Å². The number of hydrogen-bond acceptors (Lipinski definition) is 8. The maximum absolute atomic E-state index is 13.2. The first-order valence-electron chi connectivity index (χ1n) is 17.3. The van der Waals surface area contributed by atoms with Gasteiger partial charge >= 0.3 is 11.9 Å². The first-order chi connectivity index (χ1) is 22.3. The Morgan fingerprint density at radius 2 is 1.37 bits per heavy atom. The van der Waals surface area contributed by atoms with Gasteiger partial charge in [-0.1, -0.05) is 108 Å². The first kappa shape index (κ1) is 37.6. The summed E-state index contributed by atoms with van der Waals surface area (Å²) in [5, 5.41) is 14.5. The molecule has 1 aliphatic heterocycles. The van der Waals surface area contributed by atoms with Crippen molar-refractivity contribution in [1.82, 2.24) is 5.32 Å². The van der Waals surface area contributed by atoms with Crippen LogP contribution in [0.5, 0.6) is 11.5 Å². The number of carbonyl (C=O) groups is 2. The summed E-state index contributed by atoms with van der Waals surface area (Å²) >= 11 is 6.07. The van der Waals surface area contributed by atoms with E-state index in [1.54, 1.807) is 18.2 Å². The number of benzene rings is 2. The second kappa shape index (κ2) is 21.1. The number of halogens is 1. The second-order valence-electron chi connectivity index (χ2n) is 12.3. The molecule has 0 amide bonds. The van der Waals surface area contributed by atoms with Crippen LogP contribution >= 0.6 is 11.6 Å². The number of hydrogen-bond donors (Lipinski definition) is 2. The molecule has 1 aliphatic rings. The predicted octanol–water partition coefficient (Wildman–Crippen LogP) is 7.91. The molecule has 8 nitrogen and oxygen atoms in total. The van der Waals surface area contributed by atoms with E-state index in [-0.39, 0.29) is 19.3 Å². The predicted molar refractivity (Wildman–Crippen MR) is 182 cm³/mol. The van der Waals surface area contributed by atoms with E-state index in [1.807, 2.05) is 31.2 Å². The fourth-order valence-corrected chi connectivity index (χ4v) is 5.65. The van der Waals surface area contributed by atoms with E-state index in [9.17, 15) is 14.7 Å². The number of rotatable bonds is 22. The van der Waals surface area contributed by atoms with Crippen LogP contribution < -0.4 is 14.8 Å². The summed E-state index contributed by atoms with van der Waals surface area (Å²) in [7, 11) is 0. The van der Waals surface area contributed by atoms with Gasteiger partial charge in [-0.05, 0) is 61.6 Å². The molecule has 46 heavy (non-hydrogen) atoms. The third-order valence-electron chi connectivity index (χ3n) is 8.18. The minimum Gasteiger partial charge on any atom is -0.470 e. The van der Waals surface area contributed by atoms with E-state index in [0.29, 0.717) is 29.5 Å². The molecule has 0 saturated carbocycles. The maximum atomic E-state index is 13.2. The molecule has 4 unspecified atom stereocenters. The van der Waals surface area contributed by atoms with Crippen molar-refractivity contribution in [1.29, 1.82) is 0 Å². The van der Waals surface area contributed by atoms with Crippen molar-refractivity contribution < 1.29 is 33.6 Å². The highest BCUT2D eigenvalue weighted by molar-refractivity contribution is 6.30. The highest BCUT2D eigenvalue weighted by atomic mass is 35.5. The minimum absolute atomic E-state index is 0.0270. The van der Waals surface area contributed by atoms with Crippen LogP contribution in [0.2, 0.25) is 5.02 Å². The van der Waals surface area contributed by atoms with Crippen molar-refractivity contribution in [3.63, 3.8) is 0 Å². The summed E-state index contributed by atoms with van der Waals surface area (Å²) in [6.45, 7) is 7.28. The van der Waals surface area contributed by atoms with E-state index in [0.717, 1.165) is 49.7 Å². The maximum Gasteiger partial charge on any atom is 0.351 e. The summed E-state index contributed by atoms with van der Waals surface area (Å²) in [6.07, 6.45) is 10.2. The van der Waals surface area contributed by atoms with Crippen LogP contribution in [0.4, 0.5) is 0 Å². The Morgan fingerprint density at radius 1 is 0.804 bits per heavy atom. The van der Waals surface area contributed by atoms with E-state index in [4.69, 9.17) is 30.5 Å². The normalized spacial score (nSPS) is 16.9. The lowest BCUT2D eigenvalue weighted by molar-refractivity contribution is -0.171. The van der Waals surface area contributed by atoms with Gasteiger partial charge in [0.05, 0.1) is 19.3 Å². The average molecular weight is 660 g/mol. The molecule has 0 fully saturated rings. The lowest BCUT2D eigenvalue weighted by atomic mass is 10.0. The van der Waals surface area contributed by atoms with Crippen LogP contribution in [0.3, 0.4) is 0 Å². The number of nitrogens with one attached hydrogen (secondary N) is 1. The number of esters is 2. The molecule has 0 bridgehead atoms. The van der Waals surface area contributed by atoms with Gasteiger partial charge in [-0.15, -0.1) is 0 Å². The fraction of sp³-hybridized carbons (Fsp3) is 0.622. The van der Waals surface area contributed by atoms with Gasteiger partial charge < -0.3 is 29.4 Å². The molecular formula is C37H54ClNO7. The van der Waals surface area contributed by atoms with Crippen molar-refractivity contribution in [3.8, 4) is 11.5 Å². The number of carbonyl (C=O) groups excluding carboxylic acids is 2. The lowest BCUT2D eigenvalue weighted by Crippen LogP contribution is -2.51. The smallest absolute Gasteiger partial charge is 0.351 e. The molecule has 0 radical (unpaired) electrons. The second-order valence-corrected chi connectivity index (χ2v) is 12.7. The Kier molecular flexibility index (Phi) is 17.3. The SMILES string of the molecule is CCCCCCCCOC(=O)C1Oc2ccc(CC(C)NCC(O)c3cccc(Cl)c3)cc2OC1C(=O)OCCCCCCCC. The van der Waals surface area contributed by atoms with E-state index in [2.05, 4.69) is 19.2 Å². The summed E-state index contributed by atoms with van der Waals surface area (Å²) in [5.74, 6) is -0.496. The van der Waals surface area contributed by atoms with Gasteiger partial charge in [0.15, 0.2) is 11.5 Å². The summed E-state index contributed by atoms with van der Waals surface area (Å²) in [6, 6.07) is 12.7. The van der Waals surface area contributed by atoms with Crippen molar-refractivity contribution in [2.45, 2.75) is 129 Å². The molecule has 256 valence electrons. The summed E-state index contributed by atoms with van der Waals surface area (Å²) in [5.41, 5.74) is 1.70. The number of aliphatic hydroxyl groups is 1. The van der Waals surface area contributed by atoms with Crippen molar-refractivity contribution in [3.05, 3.63) is 58.6 Å². The fourth-order valence-electron chi connectivity index (χ4n) is 5.45. The third kappa shape index (κ3) is 13.1. The monoisotopic (exact) mass is 659 g/mol. The molecule has 1 heterocycles. The molecule has 2 aromatic carbocycles. The molecule has 0 saturated heterocycles. The van der Waals surface area contributed by atoms with Crippen molar-refractivity contribution >= 4 is 23.5 Å². The number of fused-ring (bicyclic) bond motifs is 1. The number of aliphatic hydroxyl groups excluding tert-OH is 1. The Hall–Kier alpha value is -2.81. The van der Waals surface area contributed by atoms with Gasteiger partial charge in [0.25, 0.3) is 0 Å². The van der Waals surface area contributed by atoms with Crippen LogP contribution in [-0.2, 0) is 25.5 Å². The number of unbranched alkanes of at least 4 members (excludes halogenated alkanes) is 10. The summed E-state index contributed by atoms with van der Waals surface area (Å²) < 4.78 is 23.3. The Labute approximate surface area is 280 Å². The standard InChI is InChI=1S/C37H54ClNO7/c1-4-6-8-10-12-14-21-43-36(41)34-35(37(42)44-22-15-13-11-9-7-5-2)46-33-24-28(19-20-32(33)45-34)23-27(3)39-26-31(40)29-17-16-18-30(38)25-29/h16-20,24-25,27,31,34-35,39-40H,4-15,21-23,26H2,1-3H3. The number of ether oxygens (including phenoxy) is 4. The minimum atomic E-state index is -1.26. The van der Waals surface area contributed by atoms with Crippen LogP contribution in [0.15, 0.2) is 42.5 Å². The van der Waals surface area contributed by atoms with Gasteiger partial charge in [-0.2, -0.15) is 0 Å². The van der Waals surface area contributed by atoms with Gasteiger partial charge in [-0.3, -0.25) is 0 Å². The van der Waals surface area contributed by atoms with Gasteiger partial charge in [-0.25, -0.2) is 9.59 Å². The molecule has 0 spiro atoms. The van der Waals surface area contributed by atoms with Crippen molar-refractivity contribution in [2.75, 3.05) is 19.8 Å². The van der Waals surface area contributed by atoms with Gasteiger partial charge in [0.2, 0.25) is 12.2 Å². The van der Waals surface area contributed by atoms with E-state index >= 15 is 0 Å². The zero-order valence-corrected chi connectivity index (χ0v) is 28.7. The van der Waals surface area contributed by atoms with Crippen LogP contribution in [-0.4, -0.2) is 55.1 Å². The zero-order valence-electron chi connectivity index (χ0n) is 27.9. The lowest BCUT2D eigenvalue weighted by Gasteiger charge is -2.31. The largest absolute Gasteiger partial charge is 0.470 e. The van der Waals surface area contributed by atoms with Gasteiger partial charge in [0, 0.05) is 17.6 Å². The Morgan fingerprint density at radius 3 is 1.96 bits per heavy atom. The Bertz CT molecular complexity index is 1190. The molecular weight excluding hydrogens is 606 g/mol. The first-order valence-corrected chi connectivity index (χ1v) is 17.7. The third-order valence-corrected chi connectivity index (χ3v) is 8.41. The highest BCUT2D eigenvalue weighted by Crippen LogP contribution is 2.36. The zero-order chi connectivity index (χ0) is 33.1. The molecule has 9 heteroatoms. The molecule has 4 atom stereocenters. The summed E-state index contributed by atoms with van der Waals surface area (Å²) in [4.78, 5) is 26.3. The van der Waals surface area contributed by atoms with Crippen molar-refractivity contribution in [2.24, 2.45) is 0 Å².